The van der Waals surface area contributed by atoms with Crippen LogP contribution in [0, 0.1) is 0 Å². The Morgan fingerprint density at radius 1 is 1.35 bits per heavy atom. The van der Waals surface area contributed by atoms with Gasteiger partial charge in [0.15, 0.2) is 0 Å². The lowest BCUT2D eigenvalue weighted by Gasteiger charge is -2.19. The number of carboxylic acid groups (broad SMARTS) is 1. The Balaban J connectivity index is 2.11. The van der Waals surface area contributed by atoms with E-state index in [1.807, 2.05) is 6.08 Å². The average molecular weight is 257 g/mol. The second kappa shape index (κ2) is 7.77. The molecule has 0 spiro atoms. The van der Waals surface area contributed by atoms with Crippen molar-refractivity contribution < 1.29 is 9.90 Å². The van der Waals surface area contributed by atoms with E-state index in [2.05, 4.69) is 18.2 Å². The molecule has 1 aliphatic heterocycles. The number of carbonyl (C=O) groups is 1. The smallest absolute Gasteiger partial charge is 0.343 e. The van der Waals surface area contributed by atoms with Crippen LogP contribution in [0.2, 0.25) is 0 Å². The first-order valence-corrected chi connectivity index (χ1v) is 7.32. The van der Waals surface area contributed by atoms with Crippen molar-refractivity contribution in [3.05, 3.63) is 11.0 Å². The van der Waals surface area contributed by atoms with Gasteiger partial charge in [0.25, 0.3) is 0 Å². The van der Waals surface area contributed by atoms with Gasteiger partial charge in [0.1, 0.15) is 4.91 Å². The van der Waals surface area contributed by atoms with Crippen LogP contribution in [0.4, 0.5) is 0 Å². The molecule has 17 heavy (non-hydrogen) atoms. The first kappa shape index (κ1) is 14.6. The summed E-state index contributed by atoms with van der Waals surface area (Å²) in [6, 6.07) is 0.252. The zero-order valence-corrected chi connectivity index (χ0v) is 11.6. The highest BCUT2D eigenvalue weighted by Crippen LogP contribution is 2.32. The molecular weight excluding hydrogens is 234 g/mol. The predicted molar refractivity (Wildman–Crippen MR) is 72.9 cm³/mol. The molecule has 0 amide bonds. The number of rotatable bonds is 8. The summed E-state index contributed by atoms with van der Waals surface area (Å²) in [5.74, 6) is -0.799. The molecule has 98 valence electrons. The number of nitrogens with zero attached hydrogens (tertiary/aromatic N) is 1. The molecule has 0 aromatic rings. The van der Waals surface area contributed by atoms with Gasteiger partial charge in [-0.1, -0.05) is 39.0 Å². The third kappa shape index (κ3) is 5.13. The summed E-state index contributed by atoms with van der Waals surface area (Å²) < 4.78 is 2.17. The van der Waals surface area contributed by atoms with E-state index >= 15 is 0 Å². The molecule has 1 atom stereocenters. The Bertz CT molecular complexity index is 279. The molecule has 4 heteroatoms. The summed E-state index contributed by atoms with van der Waals surface area (Å²) in [5, 5.41) is 8.90. The van der Waals surface area contributed by atoms with Gasteiger partial charge in [0.2, 0.25) is 0 Å². The molecule has 0 aromatic carbocycles. The first-order valence-electron chi connectivity index (χ1n) is 6.55. The van der Waals surface area contributed by atoms with Gasteiger partial charge in [-0.05, 0) is 31.4 Å². The van der Waals surface area contributed by atoms with Crippen LogP contribution in [0.15, 0.2) is 11.0 Å². The highest BCUT2D eigenvalue weighted by atomic mass is 32.2. The number of aliphatic carboxylic acids is 1. The lowest BCUT2D eigenvalue weighted by atomic mass is 10.1. The Labute approximate surface area is 108 Å². The van der Waals surface area contributed by atoms with Gasteiger partial charge in [0.05, 0.1) is 0 Å². The third-order valence-electron chi connectivity index (χ3n) is 3.01. The number of hydrogen-bond acceptors (Lipinski definition) is 3. The van der Waals surface area contributed by atoms with E-state index in [1.165, 1.54) is 50.5 Å². The lowest BCUT2D eigenvalue weighted by molar-refractivity contribution is -0.131. The Hall–Kier alpha value is -0.480. The van der Waals surface area contributed by atoms with Crippen molar-refractivity contribution in [2.24, 2.45) is 0 Å². The number of unbranched alkanes of at least 4 members (excludes halogenated alkanes) is 5. The highest BCUT2D eigenvalue weighted by molar-refractivity contribution is 8.02. The van der Waals surface area contributed by atoms with Gasteiger partial charge in [0, 0.05) is 12.6 Å². The van der Waals surface area contributed by atoms with E-state index in [0.717, 1.165) is 6.54 Å². The third-order valence-corrected chi connectivity index (χ3v) is 4.26. The second-order valence-electron chi connectivity index (χ2n) is 4.58. The van der Waals surface area contributed by atoms with Crippen LogP contribution in [-0.2, 0) is 4.79 Å². The Kier molecular flexibility index (Phi) is 6.66. The Morgan fingerprint density at radius 2 is 2.00 bits per heavy atom. The predicted octanol–water partition coefficient (Wildman–Crippen LogP) is 3.67. The molecule has 0 aliphatic carbocycles. The summed E-state index contributed by atoms with van der Waals surface area (Å²) in [4.78, 5) is 11.3. The van der Waals surface area contributed by atoms with Crippen molar-refractivity contribution in [2.45, 2.75) is 58.4 Å². The van der Waals surface area contributed by atoms with Crippen molar-refractivity contribution in [1.29, 1.82) is 0 Å². The van der Waals surface area contributed by atoms with Gasteiger partial charge >= 0.3 is 5.97 Å². The lowest BCUT2D eigenvalue weighted by Crippen LogP contribution is -2.22. The Morgan fingerprint density at radius 3 is 2.59 bits per heavy atom. The zero-order chi connectivity index (χ0) is 12.7. The maximum absolute atomic E-state index is 10.8. The van der Waals surface area contributed by atoms with Crippen LogP contribution in [0.3, 0.4) is 0 Å². The maximum Gasteiger partial charge on any atom is 0.343 e. The monoisotopic (exact) mass is 257 g/mol. The molecule has 0 radical (unpaired) electrons. The summed E-state index contributed by atoms with van der Waals surface area (Å²) in [6.07, 6.45) is 9.51. The highest BCUT2D eigenvalue weighted by Gasteiger charge is 2.25. The van der Waals surface area contributed by atoms with Gasteiger partial charge in [-0.25, -0.2) is 9.10 Å². The van der Waals surface area contributed by atoms with Gasteiger partial charge in [-0.2, -0.15) is 0 Å². The summed E-state index contributed by atoms with van der Waals surface area (Å²) in [5.41, 5.74) is 0. The molecule has 1 unspecified atom stereocenters. The molecule has 0 saturated carbocycles. The minimum Gasteiger partial charge on any atom is -0.477 e. The summed E-state index contributed by atoms with van der Waals surface area (Å²) in [6.45, 7) is 5.27. The van der Waals surface area contributed by atoms with Crippen LogP contribution < -0.4 is 0 Å². The van der Waals surface area contributed by atoms with Gasteiger partial charge in [-0.3, -0.25) is 0 Å². The molecule has 1 aliphatic rings. The SMILES string of the molecule is CCCCCCCCN1SC(C(=O)O)=CC1C. The van der Waals surface area contributed by atoms with E-state index in [0.29, 0.717) is 4.91 Å². The molecule has 1 N–H and O–H groups in total. The first-order chi connectivity index (χ1) is 8.15. The van der Waals surface area contributed by atoms with Crippen LogP contribution in [0.1, 0.15) is 52.4 Å². The largest absolute Gasteiger partial charge is 0.477 e. The molecule has 0 bridgehead atoms. The van der Waals surface area contributed by atoms with E-state index in [-0.39, 0.29) is 6.04 Å². The number of carboxylic acids is 1. The maximum atomic E-state index is 10.8. The molecule has 1 rings (SSSR count). The van der Waals surface area contributed by atoms with E-state index in [9.17, 15) is 4.79 Å². The molecule has 0 fully saturated rings. The second-order valence-corrected chi connectivity index (χ2v) is 5.67. The average Bonchev–Trinajstić information content (AvgIpc) is 2.65. The van der Waals surface area contributed by atoms with Crippen molar-refractivity contribution in [3.63, 3.8) is 0 Å². The van der Waals surface area contributed by atoms with E-state index in [1.54, 1.807) is 0 Å². The van der Waals surface area contributed by atoms with Crippen LogP contribution >= 0.6 is 11.9 Å². The molecule has 0 saturated heterocycles. The standard InChI is InChI=1S/C13H23NO2S/c1-3-4-5-6-7-8-9-14-11(2)10-12(17-14)13(15)16/h10-11H,3-9H2,1-2H3,(H,15,16). The molecule has 1 heterocycles. The minimum atomic E-state index is -0.799. The fraction of sp³-hybridized carbons (Fsp3) is 0.769. The number of hydrogen-bond donors (Lipinski definition) is 1. The van der Waals surface area contributed by atoms with Crippen LogP contribution in [-0.4, -0.2) is 28.0 Å². The molecule has 0 aromatic heterocycles. The fourth-order valence-electron chi connectivity index (χ4n) is 1.95. The normalized spacial score (nSPS) is 20.6. The van der Waals surface area contributed by atoms with Crippen molar-refractivity contribution >= 4 is 17.9 Å². The van der Waals surface area contributed by atoms with Crippen molar-refractivity contribution in [3.8, 4) is 0 Å². The summed E-state index contributed by atoms with van der Waals surface area (Å²) >= 11 is 1.39. The van der Waals surface area contributed by atoms with Crippen LogP contribution in [0.5, 0.6) is 0 Å². The molecular formula is C13H23NO2S. The molecule has 3 nitrogen and oxygen atoms in total. The van der Waals surface area contributed by atoms with Crippen LogP contribution in [0.25, 0.3) is 0 Å². The van der Waals surface area contributed by atoms with Gasteiger partial charge < -0.3 is 5.11 Å². The van der Waals surface area contributed by atoms with E-state index < -0.39 is 5.97 Å². The van der Waals surface area contributed by atoms with Crippen molar-refractivity contribution in [1.82, 2.24) is 4.31 Å². The van der Waals surface area contributed by atoms with Gasteiger partial charge in [-0.15, -0.1) is 0 Å². The fourth-order valence-corrected chi connectivity index (χ4v) is 2.99. The summed E-state index contributed by atoms with van der Waals surface area (Å²) in [7, 11) is 0. The topological polar surface area (TPSA) is 40.5 Å². The van der Waals surface area contributed by atoms with Crippen molar-refractivity contribution in [2.75, 3.05) is 6.54 Å². The quantitative estimate of drug-likeness (QED) is 0.532. The minimum absolute atomic E-state index is 0.252. The van der Waals surface area contributed by atoms with E-state index in [4.69, 9.17) is 5.11 Å². The zero-order valence-electron chi connectivity index (χ0n) is 10.8.